The number of aryl methyl sites for hydroxylation is 2. The Morgan fingerprint density at radius 2 is 1.84 bits per heavy atom. The number of aromatic nitrogens is 2. The van der Waals surface area contributed by atoms with Crippen LogP contribution in [0.4, 0.5) is 10.5 Å². The van der Waals surface area contributed by atoms with Crippen LogP contribution in [0.1, 0.15) is 23.0 Å². The number of rotatable bonds is 7. The van der Waals surface area contributed by atoms with Gasteiger partial charge < -0.3 is 20.7 Å². The van der Waals surface area contributed by atoms with Gasteiger partial charge in [0, 0.05) is 32.0 Å². The topological polar surface area (TPSA) is 97.3 Å². The fourth-order valence-electron chi connectivity index (χ4n) is 2.25. The molecule has 3 N–H and O–H groups in total. The van der Waals surface area contributed by atoms with E-state index in [0.717, 1.165) is 5.75 Å². The molecule has 0 aliphatic carbocycles. The molecule has 134 valence electrons. The van der Waals surface area contributed by atoms with Gasteiger partial charge in [0.15, 0.2) is 0 Å². The van der Waals surface area contributed by atoms with Crippen molar-refractivity contribution in [3.63, 3.8) is 0 Å². The third-order valence-electron chi connectivity index (χ3n) is 3.38. The van der Waals surface area contributed by atoms with E-state index in [-0.39, 0.29) is 11.9 Å². The lowest BCUT2D eigenvalue weighted by atomic mass is 10.2. The fourth-order valence-corrected chi connectivity index (χ4v) is 2.25. The van der Waals surface area contributed by atoms with Gasteiger partial charge in [-0.25, -0.2) is 4.79 Å². The summed E-state index contributed by atoms with van der Waals surface area (Å²) >= 11 is 0. The number of urea groups is 1. The Kier molecular flexibility index (Phi) is 6.39. The maximum atomic E-state index is 12.0. The summed E-state index contributed by atoms with van der Waals surface area (Å²) in [4.78, 5) is 23.8. The van der Waals surface area contributed by atoms with Crippen molar-refractivity contribution in [1.82, 2.24) is 20.4 Å². The Morgan fingerprint density at radius 1 is 1.16 bits per heavy atom. The van der Waals surface area contributed by atoms with E-state index in [9.17, 15) is 9.59 Å². The Balaban J connectivity index is 1.70. The summed E-state index contributed by atoms with van der Waals surface area (Å²) in [5.74, 6) is 0.543. The maximum absolute atomic E-state index is 12.0. The minimum absolute atomic E-state index is 0.209. The van der Waals surface area contributed by atoms with Gasteiger partial charge in [0.2, 0.25) is 0 Å². The number of nitrogens with zero attached hydrogens (tertiary/aromatic N) is 2. The summed E-state index contributed by atoms with van der Waals surface area (Å²) < 4.78 is 6.93. The zero-order valence-corrected chi connectivity index (χ0v) is 14.6. The molecule has 1 heterocycles. The normalized spacial score (nSPS) is 10.2. The average molecular weight is 345 g/mol. The average Bonchev–Trinajstić information content (AvgIpc) is 2.92. The van der Waals surface area contributed by atoms with Crippen LogP contribution in [-0.2, 0) is 7.05 Å². The van der Waals surface area contributed by atoms with Crippen LogP contribution in [-0.4, -0.2) is 41.4 Å². The molecular formula is C17H23N5O3. The zero-order valence-electron chi connectivity index (χ0n) is 14.6. The van der Waals surface area contributed by atoms with Gasteiger partial charge in [0.25, 0.3) is 5.91 Å². The first-order valence-electron chi connectivity index (χ1n) is 8.05. The van der Waals surface area contributed by atoms with Gasteiger partial charge in [0.1, 0.15) is 5.75 Å². The molecule has 0 saturated heterocycles. The first-order chi connectivity index (χ1) is 12.0. The smallest absolute Gasteiger partial charge is 0.319 e. The third kappa shape index (κ3) is 5.52. The van der Waals surface area contributed by atoms with Crippen molar-refractivity contribution in [1.29, 1.82) is 0 Å². The number of benzene rings is 1. The van der Waals surface area contributed by atoms with E-state index in [1.807, 2.05) is 6.92 Å². The number of ether oxygens (including phenoxy) is 1. The van der Waals surface area contributed by atoms with Crippen LogP contribution in [0.5, 0.6) is 5.75 Å². The van der Waals surface area contributed by atoms with Crippen LogP contribution in [0.2, 0.25) is 0 Å². The zero-order chi connectivity index (χ0) is 18.2. The SMILES string of the molecule is CCOc1ccc(NC(=O)NCCNC(=O)c2cn(C)nc2C)cc1. The molecule has 25 heavy (non-hydrogen) atoms. The summed E-state index contributed by atoms with van der Waals surface area (Å²) in [7, 11) is 1.76. The number of anilines is 1. The van der Waals surface area contributed by atoms with Crippen LogP contribution in [0.15, 0.2) is 30.5 Å². The number of carbonyl (C=O) groups excluding carboxylic acids is 2. The highest BCUT2D eigenvalue weighted by Gasteiger charge is 2.11. The Morgan fingerprint density at radius 3 is 2.44 bits per heavy atom. The first kappa shape index (κ1) is 18.3. The van der Waals surface area contributed by atoms with Crippen LogP contribution in [0.25, 0.3) is 0 Å². The first-order valence-corrected chi connectivity index (χ1v) is 8.05. The van der Waals surface area contributed by atoms with E-state index in [1.54, 1.807) is 49.1 Å². The lowest BCUT2D eigenvalue weighted by Crippen LogP contribution is -2.36. The molecular weight excluding hydrogens is 322 g/mol. The number of hydrogen-bond acceptors (Lipinski definition) is 4. The molecule has 0 aliphatic heterocycles. The van der Waals surface area contributed by atoms with Crippen LogP contribution < -0.4 is 20.7 Å². The standard InChI is InChI=1S/C17H23N5O3/c1-4-25-14-7-5-13(6-8-14)20-17(24)19-10-9-18-16(23)15-11-22(3)21-12(15)2/h5-8,11H,4,9-10H2,1-3H3,(H,18,23)(H2,19,20,24). The predicted octanol–water partition coefficient (Wildman–Crippen LogP) is 1.68. The maximum Gasteiger partial charge on any atom is 0.319 e. The summed E-state index contributed by atoms with van der Waals surface area (Å²) in [6.07, 6.45) is 1.66. The number of hydrogen-bond donors (Lipinski definition) is 3. The van der Waals surface area contributed by atoms with E-state index in [2.05, 4.69) is 21.0 Å². The van der Waals surface area contributed by atoms with Gasteiger partial charge in [-0.2, -0.15) is 5.10 Å². The minimum Gasteiger partial charge on any atom is -0.494 e. The van der Waals surface area contributed by atoms with E-state index in [1.165, 1.54) is 0 Å². The lowest BCUT2D eigenvalue weighted by Gasteiger charge is -2.09. The van der Waals surface area contributed by atoms with Crippen molar-refractivity contribution in [3.8, 4) is 5.75 Å². The quantitative estimate of drug-likeness (QED) is 0.665. The molecule has 8 heteroatoms. The second-order valence-corrected chi connectivity index (χ2v) is 5.40. The van der Waals surface area contributed by atoms with Gasteiger partial charge in [-0.05, 0) is 38.1 Å². The highest BCUT2D eigenvalue weighted by molar-refractivity contribution is 5.95. The molecule has 0 saturated carbocycles. The second kappa shape index (κ2) is 8.72. The Hall–Kier alpha value is -3.03. The highest BCUT2D eigenvalue weighted by Crippen LogP contribution is 2.15. The van der Waals surface area contributed by atoms with Crippen molar-refractivity contribution < 1.29 is 14.3 Å². The van der Waals surface area contributed by atoms with Crippen molar-refractivity contribution >= 4 is 17.6 Å². The largest absolute Gasteiger partial charge is 0.494 e. The number of nitrogens with one attached hydrogen (secondary N) is 3. The van der Waals surface area contributed by atoms with E-state index < -0.39 is 0 Å². The molecule has 2 rings (SSSR count). The molecule has 1 aromatic heterocycles. The van der Waals surface area contributed by atoms with Crippen molar-refractivity contribution in [2.45, 2.75) is 13.8 Å². The molecule has 2 aromatic rings. The minimum atomic E-state index is -0.337. The van der Waals surface area contributed by atoms with Crippen LogP contribution in [0, 0.1) is 6.92 Å². The molecule has 8 nitrogen and oxygen atoms in total. The van der Waals surface area contributed by atoms with Crippen molar-refractivity contribution in [2.75, 3.05) is 25.0 Å². The van der Waals surface area contributed by atoms with Gasteiger partial charge in [0.05, 0.1) is 17.9 Å². The van der Waals surface area contributed by atoms with Crippen LogP contribution >= 0.6 is 0 Å². The van der Waals surface area contributed by atoms with Crippen molar-refractivity contribution in [2.24, 2.45) is 7.05 Å². The van der Waals surface area contributed by atoms with Gasteiger partial charge in [-0.1, -0.05) is 0 Å². The molecule has 0 aliphatic rings. The summed E-state index contributed by atoms with van der Waals surface area (Å²) in [6.45, 7) is 4.92. The molecule has 0 fully saturated rings. The highest BCUT2D eigenvalue weighted by atomic mass is 16.5. The monoisotopic (exact) mass is 345 g/mol. The van der Waals surface area contributed by atoms with Crippen LogP contribution in [0.3, 0.4) is 0 Å². The predicted molar refractivity (Wildman–Crippen MR) is 94.9 cm³/mol. The van der Waals surface area contributed by atoms with E-state index in [0.29, 0.717) is 36.6 Å². The molecule has 0 unspecified atom stereocenters. The summed E-state index contributed by atoms with van der Waals surface area (Å²) in [5, 5.41) is 12.3. The molecule has 3 amide bonds. The van der Waals surface area contributed by atoms with Crippen molar-refractivity contribution in [3.05, 3.63) is 41.7 Å². The van der Waals surface area contributed by atoms with Gasteiger partial charge in [-0.3, -0.25) is 9.48 Å². The second-order valence-electron chi connectivity index (χ2n) is 5.40. The fraction of sp³-hybridized carbons (Fsp3) is 0.353. The molecule has 0 spiro atoms. The lowest BCUT2D eigenvalue weighted by molar-refractivity contribution is 0.0953. The van der Waals surface area contributed by atoms with E-state index in [4.69, 9.17) is 4.74 Å². The Bertz CT molecular complexity index is 724. The molecule has 1 aromatic carbocycles. The molecule has 0 bridgehead atoms. The Labute approximate surface area is 146 Å². The summed E-state index contributed by atoms with van der Waals surface area (Å²) in [6, 6.07) is 6.76. The number of amides is 3. The third-order valence-corrected chi connectivity index (χ3v) is 3.38. The number of carbonyl (C=O) groups is 2. The molecule has 0 atom stereocenters. The summed E-state index contributed by atoms with van der Waals surface area (Å²) in [5.41, 5.74) is 1.86. The van der Waals surface area contributed by atoms with Gasteiger partial charge >= 0.3 is 6.03 Å². The molecule has 0 radical (unpaired) electrons. The van der Waals surface area contributed by atoms with E-state index >= 15 is 0 Å². The van der Waals surface area contributed by atoms with Gasteiger partial charge in [-0.15, -0.1) is 0 Å².